The van der Waals surface area contributed by atoms with E-state index >= 15 is 0 Å². The summed E-state index contributed by atoms with van der Waals surface area (Å²) < 4.78 is 2.34. The number of nitrogens with zero attached hydrogens (tertiary/aromatic N) is 5. The number of amides is 1. The SMILES string of the molecule is CCCCCCN1C(=O)C(=Cc2c(C)c(C#N)c(=O)n(CCCC)c2N2CCN(C)CC2)SC1=S. The van der Waals surface area contributed by atoms with E-state index in [0.29, 0.717) is 27.9 Å². The standard InChI is InChI=1S/C26H37N5O2S2/c1-5-7-9-10-12-31-25(33)22(35-26(31)34)17-20-19(3)21(18-27)24(32)30(11-8-6-2)23(20)29-15-13-28(4)14-16-29/h17H,5-16H2,1-4H3. The molecule has 0 saturated carbocycles. The third kappa shape index (κ3) is 6.16. The lowest BCUT2D eigenvalue weighted by atomic mass is 10.0. The summed E-state index contributed by atoms with van der Waals surface area (Å²) in [5.74, 6) is 0.742. The average molecular weight is 516 g/mol. The van der Waals surface area contributed by atoms with Crippen molar-refractivity contribution in [2.75, 3.05) is 44.7 Å². The van der Waals surface area contributed by atoms with Crippen molar-refractivity contribution in [2.24, 2.45) is 0 Å². The monoisotopic (exact) mass is 515 g/mol. The molecule has 0 aliphatic carbocycles. The normalized spacial score (nSPS) is 18.1. The van der Waals surface area contributed by atoms with Crippen molar-refractivity contribution in [2.45, 2.75) is 65.8 Å². The van der Waals surface area contributed by atoms with Gasteiger partial charge in [0.25, 0.3) is 11.5 Å². The maximum Gasteiger partial charge on any atom is 0.270 e. The summed E-state index contributed by atoms with van der Waals surface area (Å²) in [6, 6.07) is 2.13. The molecule has 2 aliphatic rings. The highest BCUT2D eigenvalue weighted by atomic mass is 32.2. The molecule has 0 atom stereocenters. The minimum atomic E-state index is -0.243. The second-order valence-corrected chi connectivity index (χ2v) is 11.0. The van der Waals surface area contributed by atoms with Gasteiger partial charge in [-0.05, 0) is 38.5 Å². The molecule has 3 heterocycles. The van der Waals surface area contributed by atoms with Crippen LogP contribution in [0.15, 0.2) is 9.70 Å². The Morgan fingerprint density at radius 1 is 1.03 bits per heavy atom. The highest BCUT2D eigenvalue weighted by Gasteiger charge is 2.33. The highest BCUT2D eigenvalue weighted by molar-refractivity contribution is 8.26. The quantitative estimate of drug-likeness (QED) is 0.260. The third-order valence-electron chi connectivity index (χ3n) is 6.77. The molecule has 0 bridgehead atoms. The molecule has 0 spiro atoms. The summed E-state index contributed by atoms with van der Waals surface area (Å²) in [5, 5.41) is 9.84. The van der Waals surface area contributed by atoms with Crippen LogP contribution >= 0.6 is 24.0 Å². The third-order valence-corrected chi connectivity index (χ3v) is 8.15. The first-order chi connectivity index (χ1) is 16.8. The van der Waals surface area contributed by atoms with Crippen LogP contribution in [0.2, 0.25) is 0 Å². The van der Waals surface area contributed by atoms with Gasteiger partial charge in [-0.3, -0.25) is 19.1 Å². The number of unbranched alkanes of at least 4 members (excludes halogenated alkanes) is 4. The molecule has 1 aromatic rings. The Hall–Kier alpha value is -2.15. The molecule has 0 unspecified atom stereocenters. The van der Waals surface area contributed by atoms with Gasteiger partial charge in [0, 0.05) is 44.8 Å². The molecule has 9 heteroatoms. The molecule has 2 fully saturated rings. The number of anilines is 1. The highest BCUT2D eigenvalue weighted by Crippen LogP contribution is 2.36. The van der Waals surface area contributed by atoms with Crippen molar-refractivity contribution < 1.29 is 4.79 Å². The lowest BCUT2D eigenvalue weighted by Gasteiger charge is -2.36. The fourth-order valence-electron chi connectivity index (χ4n) is 4.55. The Kier molecular flexibility index (Phi) is 9.96. The van der Waals surface area contributed by atoms with E-state index in [2.05, 4.69) is 36.8 Å². The van der Waals surface area contributed by atoms with Gasteiger partial charge in [-0.15, -0.1) is 0 Å². The number of carbonyl (C=O) groups is 1. The number of aromatic nitrogens is 1. The van der Waals surface area contributed by atoms with Crippen molar-refractivity contribution in [3.63, 3.8) is 0 Å². The Labute approximate surface area is 218 Å². The van der Waals surface area contributed by atoms with E-state index in [1.807, 2.05) is 13.0 Å². The fourth-order valence-corrected chi connectivity index (χ4v) is 5.84. The van der Waals surface area contributed by atoms with E-state index < -0.39 is 0 Å². The van der Waals surface area contributed by atoms with E-state index in [9.17, 15) is 14.9 Å². The number of likely N-dealkylation sites (N-methyl/N-ethyl adjacent to an activating group) is 1. The van der Waals surface area contributed by atoms with E-state index in [-0.39, 0.29) is 17.0 Å². The smallest absolute Gasteiger partial charge is 0.270 e. The van der Waals surface area contributed by atoms with Crippen LogP contribution in [0, 0.1) is 18.3 Å². The predicted octanol–water partition coefficient (Wildman–Crippen LogP) is 4.36. The minimum absolute atomic E-state index is 0.0787. The van der Waals surface area contributed by atoms with Gasteiger partial charge in [0.1, 0.15) is 21.8 Å². The van der Waals surface area contributed by atoms with Crippen LogP contribution < -0.4 is 10.5 Å². The Bertz CT molecular complexity index is 1080. The first kappa shape index (κ1) is 27.4. The van der Waals surface area contributed by atoms with E-state index in [0.717, 1.165) is 76.1 Å². The maximum absolute atomic E-state index is 13.4. The number of carbonyl (C=O) groups excluding carboxylic acids is 1. The van der Waals surface area contributed by atoms with Gasteiger partial charge in [0.15, 0.2) is 0 Å². The molecule has 2 saturated heterocycles. The van der Waals surface area contributed by atoms with E-state index in [1.165, 1.54) is 11.8 Å². The van der Waals surface area contributed by atoms with Crippen LogP contribution in [0.4, 0.5) is 5.82 Å². The van der Waals surface area contributed by atoms with Crippen molar-refractivity contribution in [1.29, 1.82) is 5.26 Å². The number of hydrogen-bond donors (Lipinski definition) is 0. The number of nitriles is 1. The molecule has 2 aliphatic heterocycles. The zero-order valence-electron chi connectivity index (χ0n) is 21.4. The maximum atomic E-state index is 13.4. The zero-order valence-corrected chi connectivity index (χ0v) is 23.1. The van der Waals surface area contributed by atoms with Crippen LogP contribution in [-0.4, -0.2) is 64.4 Å². The summed E-state index contributed by atoms with van der Waals surface area (Å²) in [5.41, 5.74) is 1.33. The molecular formula is C26H37N5O2S2. The van der Waals surface area contributed by atoms with Crippen molar-refractivity contribution >= 4 is 46.1 Å². The number of piperazine rings is 1. The average Bonchev–Trinajstić information content (AvgIpc) is 3.11. The summed E-state index contributed by atoms with van der Waals surface area (Å²) in [4.78, 5) is 33.4. The largest absolute Gasteiger partial charge is 0.355 e. The van der Waals surface area contributed by atoms with Crippen LogP contribution in [0.1, 0.15) is 69.1 Å². The molecule has 0 radical (unpaired) electrons. The van der Waals surface area contributed by atoms with Crippen LogP contribution in [0.5, 0.6) is 0 Å². The number of rotatable bonds is 10. The Morgan fingerprint density at radius 2 is 1.71 bits per heavy atom. The van der Waals surface area contributed by atoms with Gasteiger partial charge in [-0.1, -0.05) is 63.5 Å². The van der Waals surface area contributed by atoms with Crippen molar-refractivity contribution in [3.05, 3.63) is 31.9 Å². The van der Waals surface area contributed by atoms with Crippen LogP contribution in [0.3, 0.4) is 0 Å². The van der Waals surface area contributed by atoms with E-state index in [1.54, 1.807) is 9.47 Å². The van der Waals surface area contributed by atoms with Gasteiger partial charge in [0.2, 0.25) is 0 Å². The number of thioether (sulfide) groups is 1. The molecular weight excluding hydrogens is 478 g/mol. The Morgan fingerprint density at radius 3 is 2.34 bits per heavy atom. The lowest BCUT2D eigenvalue weighted by molar-refractivity contribution is -0.122. The number of pyridine rings is 1. The summed E-state index contributed by atoms with van der Waals surface area (Å²) in [6.45, 7) is 10.6. The first-order valence-corrected chi connectivity index (χ1v) is 13.9. The molecule has 1 aromatic heterocycles. The van der Waals surface area contributed by atoms with Gasteiger partial charge in [0.05, 0.1) is 4.91 Å². The molecule has 7 nitrogen and oxygen atoms in total. The molecule has 0 aromatic carbocycles. The first-order valence-electron chi connectivity index (χ1n) is 12.7. The molecule has 190 valence electrons. The summed E-state index contributed by atoms with van der Waals surface area (Å²) in [7, 11) is 2.10. The van der Waals surface area contributed by atoms with Gasteiger partial charge in [-0.25, -0.2) is 0 Å². The number of thiocarbonyl (C=S) groups is 1. The molecule has 35 heavy (non-hydrogen) atoms. The topological polar surface area (TPSA) is 72.6 Å². The Balaban J connectivity index is 2.08. The molecule has 3 rings (SSSR count). The second-order valence-electron chi connectivity index (χ2n) is 9.34. The fraction of sp³-hybridized carbons (Fsp3) is 0.615. The second kappa shape index (κ2) is 12.7. The van der Waals surface area contributed by atoms with Gasteiger partial charge >= 0.3 is 0 Å². The lowest BCUT2D eigenvalue weighted by Crippen LogP contribution is -2.47. The van der Waals surface area contributed by atoms with E-state index in [4.69, 9.17) is 12.2 Å². The van der Waals surface area contributed by atoms with Crippen LogP contribution in [0.25, 0.3) is 6.08 Å². The van der Waals surface area contributed by atoms with Crippen LogP contribution in [-0.2, 0) is 11.3 Å². The number of hydrogen-bond acceptors (Lipinski definition) is 7. The molecule has 1 amide bonds. The minimum Gasteiger partial charge on any atom is -0.355 e. The van der Waals surface area contributed by atoms with Crippen molar-refractivity contribution in [3.8, 4) is 6.07 Å². The van der Waals surface area contributed by atoms with Gasteiger partial charge in [-0.2, -0.15) is 5.26 Å². The predicted molar refractivity (Wildman–Crippen MR) is 149 cm³/mol. The zero-order chi connectivity index (χ0) is 25.5. The van der Waals surface area contributed by atoms with Gasteiger partial charge < -0.3 is 9.80 Å². The summed E-state index contributed by atoms with van der Waals surface area (Å²) in [6.07, 6.45) is 7.95. The summed E-state index contributed by atoms with van der Waals surface area (Å²) >= 11 is 6.87. The molecule has 0 N–H and O–H groups in total. The van der Waals surface area contributed by atoms with Crippen molar-refractivity contribution in [1.82, 2.24) is 14.4 Å².